The molecule has 4 N–H and O–H groups in total. The Morgan fingerprint density at radius 1 is 1.38 bits per heavy atom. The monoisotopic (exact) mass is 294 g/mol. The minimum absolute atomic E-state index is 0.0419. The van der Waals surface area contributed by atoms with E-state index >= 15 is 0 Å². The molecule has 0 fully saturated rings. The zero-order valence-corrected chi connectivity index (χ0v) is 13.1. The van der Waals surface area contributed by atoms with Gasteiger partial charge in [0.25, 0.3) is 5.91 Å². The molecule has 0 aliphatic rings. The lowest BCUT2D eigenvalue weighted by Crippen LogP contribution is -2.28. The molecule has 1 aromatic heterocycles. The lowest BCUT2D eigenvalue weighted by atomic mass is 10.1. The number of aliphatic hydroxyl groups excluding tert-OH is 1. The van der Waals surface area contributed by atoms with Crippen LogP contribution < -0.4 is 11.3 Å². The average Bonchev–Trinajstić information content (AvgIpc) is 2.49. The number of carbonyl (C=O) groups excluding carboxylic acids is 1. The molecule has 1 amide bonds. The minimum Gasteiger partial charge on any atom is -0.396 e. The number of nitrogens with one attached hydrogen (secondary N) is 1. The van der Waals surface area contributed by atoms with Crippen molar-refractivity contribution in [2.45, 2.75) is 39.0 Å². The summed E-state index contributed by atoms with van der Waals surface area (Å²) in [5.74, 6) is 6.09. The molecule has 0 bridgehead atoms. The van der Waals surface area contributed by atoms with E-state index in [1.807, 2.05) is 19.9 Å². The van der Waals surface area contributed by atoms with Gasteiger partial charge >= 0.3 is 0 Å². The molecule has 0 aliphatic heterocycles. The van der Waals surface area contributed by atoms with Crippen molar-refractivity contribution in [2.75, 3.05) is 25.6 Å². The maximum atomic E-state index is 12.4. The molecule has 0 aliphatic carbocycles. The Hall–Kier alpha value is -1.66. The Bertz CT molecular complexity index is 463. The van der Waals surface area contributed by atoms with E-state index in [9.17, 15) is 4.79 Å². The molecule has 0 radical (unpaired) electrons. The highest BCUT2D eigenvalue weighted by Crippen LogP contribution is 2.18. The Morgan fingerprint density at radius 3 is 2.67 bits per heavy atom. The number of amides is 1. The summed E-state index contributed by atoms with van der Waals surface area (Å²) in [6, 6.07) is 3.48. The van der Waals surface area contributed by atoms with Crippen LogP contribution in [-0.4, -0.2) is 41.1 Å². The van der Waals surface area contributed by atoms with E-state index in [2.05, 4.69) is 10.4 Å². The maximum Gasteiger partial charge on any atom is 0.253 e. The largest absolute Gasteiger partial charge is 0.396 e. The third-order valence-corrected chi connectivity index (χ3v) is 3.33. The summed E-state index contributed by atoms with van der Waals surface area (Å²) in [4.78, 5) is 18.5. The van der Waals surface area contributed by atoms with E-state index < -0.39 is 0 Å². The number of hydrogen-bond donors (Lipinski definition) is 3. The van der Waals surface area contributed by atoms with E-state index in [0.717, 1.165) is 25.0 Å². The van der Waals surface area contributed by atoms with Crippen molar-refractivity contribution in [3.8, 4) is 0 Å². The van der Waals surface area contributed by atoms with Crippen molar-refractivity contribution in [1.29, 1.82) is 0 Å². The van der Waals surface area contributed by atoms with Crippen molar-refractivity contribution in [3.05, 3.63) is 23.4 Å². The molecule has 6 nitrogen and oxygen atoms in total. The van der Waals surface area contributed by atoms with E-state index in [-0.39, 0.29) is 18.4 Å². The van der Waals surface area contributed by atoms with Gasteiger partial charge in [0, 0.05) is 31.5 Å². The number of rotatable bonds is 8. The summed E-state index contributed by atoms with van der Waals surface area (Å²) in [7, 11) is 1.78. The van der Waals surface area contributed by atoms with Crippen LogP contribution in [0.5, 0.6) is 0 Å². The highest BCUT2D eigenvalue weighted by molar-refractivity contribution is 5.94. The van der Waals surface area contributed by atoms with Crippen LogP contribution in [0.1, 0.15) is 55.1 Å². The van der Waals surface area contributed by atoms with Crippen LogP contribution in [0.25, 0.3) is 0 Å². The van der Waals surface area contributed by atoms with Crippen LogP contribution in [0.3, 0.4) is 0 Å². The van der Waals surface area contributed by atoms with Gasteiger partial charge < -0.3 is 15.4 Å². The molecule has 1 heterocycles. The molecule has 1 rings (SSSR count). The first-order valence-corrected chi connectivity index (χ1v) is 7.34. The first-order valence-electron chi connectivity index (χ1n) is 7.34. The zero-order valence-electron chi connectivity index (χ0n) is 13.1. The van der Waals surface area contributed by atoms with Crippen LogP contribution in [-0.2, 0) is 0 Å². The molecule has 0 spiro atoms. The topological polar surface area (TPSA) is 91.5 Å². The van der Waals surface area contributed by atoms with Crippen molar-refractivity contribution in [1.82, 2.24) is 9.88 Å². The molecule has 0 saturated heterocycles. The number of carbonyl (C=O) groups is 1. The first kappa shape index (κ1) is 17.4. The van der Waals surface area contributed by atoms with Crippen molar-refractivity contribution in [3.63, 3.8) is 0 Å². The number of hydrogen-bond acceptors (Lipinski definition) is 5. The van der Waals surface area contributed by atoms with Crippen molar-refractivity contribution >= 4 is 11.7 Å². The van der Waals surface area contributed by atoms with E-state index in [1.54, 1.807) is 18.0 Å². The number of nitrogen functional groups attached to an aromatic ring is 1. The number of aromatic nitrogens is 1. The van der Waals surface area contributed by atoms with E-state index in [4.69, 9.17) is 10.9 Å². The molecule has 0 saturated carbocycles. The molecule has 0 unspecified atom stereocenters. The van der Waals surface area contributed by atoms with Crippen molar-refractivity contribution < 1.29 is 9.90 Å². The predicted octanol–water partition coefficient (Wildman–Crippen LogP) is 1.73. The smallest absolute Gasteiger partial charge is 0.253 e. The van der Waals surface area contributed by atoms with Gasteiger partial charge in [-0.3, -0.25) is 4.79 Å². The third kappa shape index (κ3) is 5.32. The van der Waals surface area contributed by atoms with Crippen LogP contribution in [0, 0.1) is 0 Å². The van der Waals surface area contributed by atoms with Gasteiger partial charge in [-0.2, -0.15) is 0 Å². The average molecular weight is 294 g/mol. The second-order valence-electron chi connectivity index (χ2n) is 5.48. The highest BCUT2D eigenvalue weighted by atomic mass is 16.2. The van der Waals surface area contributed by atoms with Gasteiger partial charge in [0.05, 0.1) is 0 Å². The van der Waals surface area contributed by atoms with Crippen molar-refractivity contribution in [2.24, 2.45) is 5.84 Å². The van der Waals surface area contributed by atoms with Crippen LogP contribution in [0.15, 0.2) is 12.1 Å². The summed E-state index contributed by atoms with van der Waals surface area (Å²) in [5.41, 5.74) is 3.93. The number of unbranched alkanes of at least 4 members (excludes halogenated alkanes) is 2. The van der Waals surface area contributed by atoms with Crippen LogP contribution in [0.2, 0.25) is 0 Å². The number of nitrogens with zero attached hydrogens (tertiary/aromatic N) is 2. The normalized spacial score (nSPS) is 10.8. The Labute approximate surface area is 126 Å². The Morgan fingerprint density at radius 2 is 2.10 bits per heavy atom. The van der Waals surface area contributed by atoms with Gasteiger partial charge in [-0.1, -0.05) is 13.8 Å². The van der Waals surface area contributed by atoms with Gasteiger partial charge in [-0.25, -0.2) is 10.8 Å². The predicted molar refractivity (Wildman–Crippen MR) is 84.0 cm³/mol. The molecule has 1 aromatic rings. The molecule has 21 heavy (non-hydrogen) atoms. The molecular formula is C15H26N4O2. The summed E-state index contributed by atoms with van der Waals surface area (Å²) in [6.45, 7) is 4.92. The Kier molecular flexibility index (Phi) is 7.11. The zero-order chi connectivity index (χ0) is 15.8. The second kappa shape index (κ2) is 8.59. The SMILES string of the molecule is CC(C)c1cc(C(=O)N(C)CCCCCO)cc(NN)n1. The summed E-state index contributed by atoms with van der Waals surface area (Å²) >= 11 is 0. The van der Waals surface area contributed by atoms with Gasteiger partial charge in [0.2, 0.25) is 0 Å². The fraction of sp³-hybridized carbons (Fsp3) is 0.600. The molecular weight excluding hydrogens is 268 g/mol. The molecule has 0 atom stereocenters. The van der Waals surface area contributed by atoms with E-state index in [0.29, 0.717) is 17.9 Å². The van der Waals surface area contributed by atoms with Gasteiger partial charge in [0.1, 0.15) is 5.82 Å². The summed E-state index contributed by atoms with van der Waals surface area (Å²) in [5, 5.41) is 8.75. The molecule has 6 heteroatoms. The van der Waals surface area contributed by atoms with Gasteiger partial charge in [-0.05, 0) is 37.3 Å². The van der Waals surface area contributed by atoms with Crippen LogP contribution >= 0.6 is 0 Å². The van der Waals surface area contributed by atoms with Gasteiger partial charge in [-0.15, -0.1) is 0 Å². The minimum atomic E-state index is -0.0419. The van der Waals surface area contributed by atoms with Gasteiger partial charge in [0.15, 0.2) is 0 Å². The quantitative estimate of drug-likeness (QED) is 0.386. The van der Waals surface area contributed by atoms with E-state index in [1.165, 1.54) is 0 Å². The standard InChI is InChI=1S/C15H26N4O2/c1-11(2)13-9-12(10-14(17-13)18-16)15(21)19(3)7-5-4-6-8-20/h9-11,20H,4-8,16H2,1-3H3,(H,17,18). The highest BCUT2D eigenvalue weighted by Gasteiger charge is 2.15. The number of anilines is 1. The number of hydrazine groups is 1. The number of aliphatic hydroxyl groups is 1. The second-order valence-corrected chi connectivity index (χ2v) is 5.48. The first-order chi connectivity index (χ1) is 9.99. The third-order valence-electron chi connectivity index (χ3n) is 3.33. The lowest BCUT2D eigenvalue weighted by molar-refractivity contribution is 0.0792. The number of nitrogens with two attached hydrogens (primary N) is 1. The molecule has 0 aromatic carbocycles. The Balaban J connectivity index is 2.78. The fourth-order valence-corrected chi connectivity index (χ4v) is 2.00. The fourth-order valence-electron chi connectivity index (χ4n) is 2.00. The van der Waals surface area contributed by atoms with Crippen LogP contribution in [0.4, 0.5) is 5.82 Å². The summed E-state index contributed by atoms with van der Waals surface area (Å²) in [6.07, 6.45) is 2.57. The maximum absolute atomic E-state index is 12.4. The molecule has 118 valence electrons. The lowest BCUT2D eigenvalue weighted by Gasteiger charge is -2.18. The number of pyridine rings is 1. The summed E-state index contributed by atoms with van der Waals surface area (Å²) < 4.78 is 0.